The van der Waals surface area contributed by atoms with Gasteiger partial charge in [-0.15, -0.1) is 0 Å². The number of nitrogens with two attached hydrogens (primary N) is 1. The SMILES string of the molecule is CCC1CCCC(N)(Cc2cccc(F)c2F)C1. The van der Waals surface area contributed by atoms with Crippen LogP contribution in [0.1, 0.15) is 44.6 Å². The summed E-state index contributed by atoms with van der Waals surface area (Å²) < 4.78 is 26.9. The molecule has 2 N–H and O–H groups in total. The van der Waals surface area contributed by atoms with E-state index in [-0.39, 0.29) is 5.54 Å². The minimum atomic E-state index is -0.779. The Labute approximate surface area is 107 Å². The molecule has 1 aliphatic rings. The smallest absolute Gasteiger partial charge is 0.162 e. The molecule has 3 heteroatoms. The maximum absolute atomic E-state index is 13.7. The largest absolute Gasteiger partial charge is 0.325 e. The van der Waals surface area contributed by atoms with Gasteiger partial charge in [-0.3, -0.25) is 0 Å². The lowest BCUT2D eigenvalue weighted by atomic mass is 9.72. The molecule has 2 unspecified atom stereocenters. The van der Waals surface area contributed by atoms with Crippen LogP contribution < -0.4 is 5.73 Å². The molecule has 0 heterocycles. The van der Waals surface area contributed by atoms with Crippen molar-refractivity contribution in [3.63, 3.8) is 0 Å². The summed E-state index contributed by atoms with van der Waals surface area (Å²) >= 11 is 0. The Morgan fingerprint density at radius 3 is 2.89 bits per heavy atom. The van der Waals surface area contributed by atoms with E-state index in [4.69, 9.17) is 5.73 Å². The molecule has 2 rings (SSSR count). The second-order valence-electron chi connectivity index (χ2n) is 5.62. The van der Waals surface area contributed by atoms with E-state index < -0.39 is 11.6 Å². The Morgan fingerprint density at radius 1 is 1.39 bits per heavy atom. The van der Waals surface area contributed by atoms with E-state index in [1.165, 1.54) is 6.42 Å². The second kappa shape index (κ2) is 5.35. The van der Waals surface area contributed by atoms with Gasteiger partial charge in [-0.05, 0) is 36.8 Å². The van der Waals surface area contributed by atoms with E-state index >= 15 is 0 Å². The average Bonchev–Trinajstić information content (AvgIpc) is 2.35. The highest BCUT2D eigenvalue weighted by molar-refractivity contribution is 5.21. The van der Waals surface area contributed by atoms with Crippen LogP contribution in [0.2, 0.25) is 0 Å². The Bertz CT molecular complexity index is 419. The van der Waals surface area contributed by atoms with E-state index in [1.807, 2.05) is 0 Å². The highest BCUT2D eigenvalue weighted by Gasteiger charge is 2.33. The molecule has 0 aromatic heterocycles. The molecule has 1 saturated carbocycles. The molecule has 0 amide bonds. The maximum atomic E-state index is 13.7. The first-order valence-corrected chi connectivity index (χ1v) is 6.76. The molecule has 100 valence electrons. The average molecular weight is 253 g/mol. The van der Waals surface area contributed by atoms with Crippen molar-refractivity contribution in [2.24, 2.45) is 11.7 Å². The van der Waals surface area contributed by atoms with E-state index in [0.29, 0.717) is 17.9 Å². The molecule has 1 aromatic rings. The zero-order chi connectivity index (χ0) is 13.2. The Morgan fingerprint density at radius 2 is 2.17 bits per heavy atom. The molecule has 2 atom stereocenters. The van der Waals surface area contributed by atoms with Gasteiger partial charge in [0.05, 0.1) is 0 Å². The Hall–Kier alpha value is -0.960. The van der Waals surface area contributed by atoms with Crippen LogP contribution in [-0.2, 0) is 6.42 Å². The molecule has 0 aliphatic heterocycles. The molecule has 0 spiro atoms. The predicted octanol–water partition coefficient (Wildman–Crippen LogP) is 3.81. The van der Waals surface area contributed by atoms with Crippen LogP contribution in [0.4, 0.5) is 8.78 Å². The highest BCUT2D eigenvalue weighted by atomic mass is 19.2. The summed E-state index contributed by atoms with van der Waals surface area (Å²) in [7, 11) is 0. The van der Waals surface area contributed by atoms with Crippen molar-refractivity contribution >= 4 is 0 Å². The van der Waals surface area contributed by atoms with Gasteiger partial charge in [0.15, 0.2) is 11.6 Å². The van der Waals surface area contributed by atoms with Crippen LogP contribution in [0.3, 0.4) is 0 Å². The summed E-state index contributed by atoms with van der Waals surface area (Å²) in [5.74, 6) is -0.889. The van der Waals surface area contributed by atoms with Gasteiger partial charge in [0.25, 0.3) is 0 Å². The lowest BCUT2D eigenvalue weighted by molar-refractivity contribution is 0.216. The van der Waals surface area contributed by atoms with Gasteiger partial charge in [-0.2, -0.15) is 0 Å². The van der Waals surface area contributed by atoms with Gasteiger partial charge in [0, 0.05) is 5.54 Å². The van der Waals surface area contributed by atoms with Gasteiger partial charge < -0.3 is 5.73 Å². The quantitative estimate of drug-likeness (QED) is 0.871. The first-order valence-electron chi connectivity index (χ1n) is 6.76. The van der Waals surface area contributed by atoms with Crippen molar-refractivity contribution < 1.29 is 8.78 Å². The molecule has 1 nitrogen and oxygen atoms in total. The molecule has 1 aromatic carbocycles. The number of hydrogen-bond acceptors (Lipinski definition) is 1. The van der Waals surface area contributed by atoms with Crippen molar-refractivity contribution in [1.29, 1.82) is 0 Å². The number of benzene rings is 1. The molecule has 1 aliphatic carbocycles. The fraction of sp³-hybridized carbons (Fsp3) is 0.600. The first-order chi connectivity index (χ1) is 8.54. The lowest BCUT2D eigenvalue weighted by Gasteiger charge is -2.38. The zero-order valence-electron chi connectivity index (χ0n) is 10.9. The zero-order valence-corrected chi connectivity index (χ0v) is 10.9. The minimum Gasteiger partial charge on any atom is -0.325 e. The van der Waals surface area contributed by atoms with Crippen LogP contribution in [0.15, 0.2) is 18.2 Å². The molecular formula is C15H21F2N. The first kappa shape index (κ1) is 13.5. The Balaban J connectivity index is 2.14. The van der Waals surface area contributed by atoms with Gasteiger partial charge in [0.2, 0.25) is 0 Å². The lowest BCUT2D eigenvalue weighted by Crippen LogP contribution is -2.46. The van der Waals surface area contributed by atoms with Crippen molar-refractivity contribution in [3.05, 3.63) is 35.4 Å². The van der Waals surface area contributed by atoms with Crippen LogP contribution in [-0.4, -0.2) is 5.54 Å². The summed E-state index contributed by atoms with van der Waals surface area (Å²) in [6.07, 6.45) is 5.67. The fourth-order valence-electron chi connectivity index (χ4n) is 3.10. The van der Waals surface area contributed by atoms with Crippen molar-refractivity contribution in [2.45, 2.75) is 51.0 Å². The summed E-state index contributed by atoms with van der Waals surface area (Å²) in [6, 6.07) is 4.34. The van der Waals surface area contributed by atoms with Gasteiger partial charge >= 0.3 is 0 Å². The van der Waals surface area contributed by atoms with E-state index in [0.717, 1.165) is 31.7 Å². The summed E-state index contributed by atoms with van der Waals surface area (Å²) in [6.45, 7) is 2.17. The standard InChI is InChI=1S/C15H21F2N/c1-2-11-5-4-8-15(18,9-11)10-12-6-3-7-13(16)14(12)17/h3,6-7,11H,2,4-5,8-10,18H2,1H3. The number of rotatable bonds is 3. The normalized spacial score (nSPS) is 28.3. The maximum Gasteiger partial charge on any atom is 0.162 e. The minimum absolute atomic E-state index is 0.367. The van der Waals surface area contributed by atoms with Gasteiger partial charge in [-0.1, -0.05) is 38.3 Å². The fourth-order valence-corrected chi connectivity index (χ4v) is 3.10. The van der Waals surface area contributed by atoms with Crippen LogP contribution >= 0.6 is 0 Å². The summed E-state index contributed by atoms with van der Waals surface area (Å²) in [5.41, 5.74) is 6.43. The van der Waals surface area contributed by atoms with Crippen molar-refractivity contribution in [3.8, 4) is 0 Å². The topological polar surface area (TPSA) is 26.0 Å². The van der Waals surface area contributed by atoms with Crippen LogP contribution in [0.5, 0.6) is 0 Å². The summed E-state index contributed by atoms with van der Waals surface area (Å²) in [4.78, 5) is 0. The number of halogens is 2. The van der Waals surface area contributed by atoms with Crippen molar-refractivity contribution in [2.75, 3.05) is 0 Å². The van der Waals surface area contributed by atoms with E-state index in [9.17, 15) is 8.78 Å². The van der Waals surface area contributed by atoms with Crippen molar-refractivity contribution in [1.82, 2.24) is 0 Å². The molecule has 18 heavy (non-hydrogen) atoms. The summed E-state index contributed by atoms with van der Waals surface area (Å²) in [5, 5.41) is 0. The molecule has 1 fully saturated rings. The number of hydrogen-bond donors (Lipinski definition) is 1. The van der Waals surface area contributed by atoms with Gasteiger partial charge in [0.1, 0.15) is 0 Å². The highest BCUT2D eigenvalue weighted by Crippen LogP contribution is 2.35. The molecular weight excluding hydrogens is 232 g/mol. The second-order valence-corrected chi connectivity index (χ2v) is 5.62. The van der Waals surface area contributed by atoms with Crippen LogP contribution in [0.25, 0.3) is 0 Å². The van der Waals surface area contributed by atoms with Gasteiger partial charge in [-0.25, -0.2) is 8.78 Å². The molecule has 0 saturated heterocycles. The predicted molar refractivity (Wildman–Crippen MR) is 69.2 cm³/mol. The third kappa shape index (κ3) is 2.89. The van der Waals surface area contributed by atoms with E-state index in [2.05, 4.69) is 6.92 Å². The van der Waals surface area contributed by atoms with Crippen LogP contribution in [0, 0.1) is 17.6 Å². The third-order valence-corrected chi connectivity index (χ3v) is 4.13. The molecule has 0 bridgehead atoms. The monoisotopic (exact) mass is 253 g/mol. The van der Waals surface area contributed by atoms with E-state index in [1.54, 1.807) is 12.1 Å². The third-order valence-electron chi connectivity index (χ3n) is 4.13. The Kier molecular flexibility index (Phi) is 4.00. The molecule has 0 radical (unpaired) electrons.